The molecule has 0 saturated heterocycles. The third kappa shape index (κ3) is 4.20. The number of hydrogen-bond acceptors (Lipinski definition) is 6. The molecule has 2 atom stereocenters. The van der Waals surface area contributed by atoms with Crippen LogP contribution >= 0.6 is 0 Å². The first-order valence-electron chi connectivity index (χ1n) is 11.4. The third-order valence-corrected chi connectivity index (χ3v) is 5.84. The van der Waals surface area contributed by atoms with E-state index in [0.717, 1.165) is 28.1 Å². The summed E-state index contributed by atoms with van der Waals surface area (Å²) in [7, 11) is 0. The smallest absolute Gasteiger partial charge is 0.226 e. The highest BCUT2D eigenvalue weighted by Gasteiger charge is 2.26. The van der Waals surface area contributed by atoms with Gasteiger partial charge in [-0.2, -0.15) is 0 Å². The second kappa shape index (κ2) is 9.15. The second-order valence-corrected chi connectivity index (χ2v) is 8.20. The second-order valence-electron chi connectivity index (χ2n) is 8.20. The number of allylic oxidation sites excluding steroid dienone is 4. The van der Waals surface area contributed by atoms with E-state index in [1.54, 1.807) is 12.4 Å². The van der Waals surface area contributed by atoms with Crippen molar-refractivity contribution in [3.05, 3.63) is 78.0 Å². The summed E-state index contributed by atoms with van der Waals surface area (Å²) in [5, 5.41) is 2.98. The average molecular weight is 455 g/mol. The zero-order valence-electron chi connectivity index (χ0n) is 19.4. The Morgan fingerprint density at radius 1 is 1.26 bits per heavy atom. The zero-order valence-corrected chi connectivity index (χ0v) is 19.4. The predicted molar refractivity (Wildman–Crippen MR) is 132 cm³/mol. The third-order valence-electron chi connectivity index (χ3n) is 5.84. The summed E-state index contributed by atoms with van der Waals surface area (Å²) >= 11 is 0. The van der Waals surface area contributed by atoms with E-state index < -0.39 is 0 Å². The van der Waals surface area contributed by atoms with Crippen molar-refractivity contribution in [1.29, 1.82) is 0 Å². The molecule has 0 radical (unpaired) electrons. The minimum absolute atomic E-state index is 0.0736. The topological polar surface area (TPSA) is 93.8 Å². The van der Waals surface area contributed by atoms with Gasteiger partial charge in [0.25, 0.3) is 0 Å². The number of nitrogens with one attached hydrogen (secondary N) is 1. The molecule has 1 aliphatic heterocycles. The van der Waals surface area contributed by atoms with Gasteiger partial charge in [-0.25, -0.2) is 4.98 Å². The normalized spacial score (nSPS) is 19.9. The van der Waals surface area contributed by atoms with Gasteiger partial charge < -0.3 is 10.1 Å². The van der Waals surface area contributed by atoms with E-state index >= 15 is 0 Å². The Morgan fingerprint density at radius 3 is 2.88 bits per heavy atom. The summed E-state index contributed by atoms with van der Waals surface area (Å²) in [6, 6.07) is 9.76. The number of carbonyl (C=O) groups excluding carboxylic acids is 1. The van der Waals surface area contributed by atoms with Crippen molar-refractivity contribution >= 4 is 28.4 Å². The maximum absolute atomic E-state index is 12.7. The molecule has 1 N–H and O–H groups in total. The van der Waals surface area contributed by atoms with Gasteiger partial charge in [0.1, 0.15) is 23.3 Å². The van der Waals surface area contributed by atoms with Crippen molar-refractivity contribution in [2.24, 2.45) is 9.98 Å². The number of nitrogens with zero attached hydrogens (tertiary/aromatic N) is 5. The van der Waals surface area contributed by atoms with E-state index in [1.807, 2.05) is 69.3 Å². The fourth-order valence-electron chi connectivity index (χ4n) is 4.34. The summed E-state index contributed by atoms with van der Waals surface area (Å²) in [4.78, 5) is 31.1. The minimum atomic E-state index is -0.320. The molecule has 1 amide bonds. The van der Waals surface area contributed by atoms with Crippen LogP contribution in [0.15, 0.2) is 76.6 Å². The van der Waals surface area contributed by atoms with E-state index in [2.05, 4.69) is 24.8 Å². The van der Waals surface area contributed by atoms with Crippen LogP contribution in [0, 0.1) is 6.92 Å². The molecule has 1 aromatic carbocycles. The molecule has 0 bridgehead atoms. The predicted octanol–water partition coefficient (Wildman–Crippen LogP) is 4.01. The van der Waals surface area contributed by atoms with Crippen LogP contribution in [0.3, 0.4) is 0 Å². The molecular weight excluding hydrogens is 428 g/mol. The highest BCUT2D eigenvalue weighted by atomic mass is 16.5. The van der Waals surface area contributed by atoms with E-state index in [9.17, 15) is 4.79 Å². The number of imidazole rings is 1. The molecule has 0 fully saturated rings. The number of pyridine rings is 1. The number of amides is 1. The molecule has 3 aromatic rings. The number of aliphatic imine (C=N–C) groups is 2. The van der Waals surface area contributed by atoms with Crippen LogP contribution in [0.1, 0.15) is 37.7 Å². The van der Waals surface area contributed by atoms with Crippen LogP contribution in [-0.2, 0) is 9.53 Å². The SMILES string of the molecule is CCOC(C)N=C1C=CC=C2NC(=O)CC(c3ccc(-n4c(C)nc5cnccc54)cc3)N=C21. The number of hydrogen-bond donors (Lipinski definition) is 1. The summed E-state index contributed by atoms with van der Waals surface area (Å²) in [5.74, 6) is 0.813. The quantitative estimate of drug-likeness (QED) is 0.590. The molecule has 2 aliphatic rings. The van der Waals surface area contributed by atoms with Gasteiger partial charge >= 0.3 is 0 Å². The van der Waals surface area contributed by atoms with Crippen molar-refractivity contribution in [3.63, 3.8) is 0 Å². The van der Waals surface area contributed by atoms with Crippen LogP contribution in [0.25, 0.3) is 16.7 Å². The summed E-state index contributed by atoms with van der Waals surface area (Å²) in [5.41, 5.74) is 5.87. The lowest BCUT2D eigenvalue weighted by molar-refractivity contribution is -0.120. The number of aryl methyl sites for hydroxylation is 1. The van der Waals surface area contributed by atoms with Gasteiger partial charge in [0.2, 0.25) is 5.91 Å². The van der Waals surface area contributed by atoms with Crippen molar-refractivity contribution in [3.8, 4) is 5.69 Å². The molecule has 0 saturated carbocycles. The lowest BCUT2D eigenvalue weighted by Crippen LogP contribution is -2.30. The molecule has 8 heteroatoms. The molecule has 34 heavy (non-hydrogen) atoms. The average Bonchev–Trinajstić information content (AvgIpc) is 3.05. The molecule has 3 heterocycles. The van der Waals surface area contributed by atoms with Gasteiger partial charge in [0.15, 0.2) is 0 Å². The maximum Gasteiger partial charge on any atom is 0.226 e. The van der Waals surface area contributed by atoms with E-state index in [-0.39, 0.29) is 24.6 Å². The first-order chi connectivity index (χ1) is 16.5. The standard InChI is InChI=1S/C26H26N6O2/c1-4-34-17(3)29-20-6-5-7-21-26(20)31-22(14-25(33)30-21)18-8-10-19(11-9-18)32-16(2)28-23-15-27-13-12-24(23)32/h5-13,15,17,22H,4,14H2,1-3H3,(H,30,33). The molecule has 8 nitrogen and oxygen atoms in total. The lowest BCUT2D eigenvalue weighted by atomic mass is 10.0. The first-order valence-corrected chi connectivity index (χ1v) is 11.4. The molecule has 2 aromatic heterocycles. The Balaban J connectivity index is 1.50. The number of fused-ring (bicyclic) bond motifs is 2. The van der Waals surface area contributed by atoms with Crippen molar-refractivity contribution in [2.45, 2.75) is 39.5 Å². The Bertz CT molecular complexity index is 1360. The molecule has 172 valence electrons. The monoisotopic (exact) mass is 454 g/mol. The highest BCUT2D eigenvalue weighted by molar-refractivity contribution is 6.53. The molecule has 1 aliphatic carbocycles. The van der Waals surface area contributed by atoms with Crippen molar-refractivity contribution in [2.75, 3.05) is 6.61 Å². The van der Waals surface area contributed by atoms with Crippen LogP contribution in [-0.4, -0.2) is 44.7 Å². The summed E-state index contributed by atoms with van der Waals surface area (Å²) in [6.45, 7) is 6.38. The fourth-order valence-corrected chi connectivity index (χ4v) is 4.34. The van der Waals surface area contributed by atoms with Gasteiger partial charge in [0, 0.05) is 18.5 Å². The van der Waals surface area contributed by atoms with E-state index in [1.165, 1.54) is 0 Å². The number of carbonyl (C=O) groups is 1. The zero-order chi connectivity index (χ0) is 23.7. The van der Waals surface area contributed by atoms with Crippen molar-refractivity contribution in [1.82, 2.24) is 19.9 Å². The largest absolute Gasteiger partial charge is 0.357 e. The van der Waals surface area contributed by atoms with Crippen LogP contribution in [0.4, 0.5) is 0 Å². The number of benzene rings is 1. The first kappa shape index (κ1) is 21.9. The Labute approximate surface area is 197 Å². The molecule has 0 spiro atoms. The van der Waals surface area contributed by atoms with Gasteiger partial charge in [-0.15, -0.1) is 0 Å². The Kier molecular flexibility index (Phi) is 5.90. The van der Waals surface area contributed by atoms with Crippen LogP contribution < -0.4 is 5.32 Å². The van der Waals surface area contributed by atoms with Crippen LogP contribution in [0.2, 0.25) is 0 Å². The number of ether oxygens (including phenoxy) is 1. The van der Waals surface area contributed by atoms with Gasteiger partial charge in [-0.3, -0.25) is 24.3 Å². The summed E-state index contributed by atoms with van der Waals surface area (Å²) in [6.07, 6.45) is 9.12. The number of aromatic nitrogens is 3. The molecular formula is C26H26N6O2. The molecule has 2 unspecified atom stereocenters. The van der Waals surface area contributed by atoms with E-state index in [0.29, 0.717) is 23.7 Å². The molecule has 5 rings (SSSR count). The maximum atomic E-state index is 12.7. The Hall–Kier alpha value is -3.91. The fraction of sp³-hybridized carbons (Fsp3) is 0.269. The van der Waals surface area contributed by atoms with Gasteiger partial charge in [-0.1, -0.05) is 18.2 Å². The summed E-state index contributed by atoms with van der Waals surface area (Å²) < 4.78 is 7.68. The van der Waals surface area contributed by atoms with Crippen molar-refractivity contribution < 1.29 is 9.53 Å². The minimum Gasteiger partial charge on any atom is -0.357 e. The van der Waals surface area contributed by atoms with Gasteiger partial charge in [-0.05, 0) is 56.7 Å². The van der Waals surface area contributed by atoms with Gasteiger partial charge in [0.05, 0.1) is 35.6 Å². The van der Waals surface area contributed by atoms with Crippen LogP contribution in [0.5, 0.6) is 0 Å². The number of rotatable bonds is 5. The Morgan fingerprint density at radius 2 is 2.09 bits per heavy atom. The highest BCUT2D eigenvalue weighted by Crippen LogP contribution is 2.28. The van der Waals surface area contributed by atoms with E-state index in [4.69, 9.17) is 9.73 Å². The lowest BCUT2D eigenvalue weighted by Gasteiger charge is -2.16.